The van der Waals surface area contributed by atoms with E-state index in [9.17, 15) is 5.11 Å². The van der Waals surface area contributed by atoms with Crippen LogP contribution in [0.3, 0.4) is 0 Å². The van der Waals surface area contributed by atoms with E-state index in [4.69, 9.17) is 14.5 Å². The first-order valence-electron chi connectivity index (χ1n) is 9.00. The van der Waals surface area contributed by atoms with E-state index < -0.39 is 0 Å². The standard InChI is InChI=1S/C21H29N3O3.HI/c1-5-22-21(23-13-16-8-6-7-9-18(16)15-25)24(2)14-17-10-11-19(26-3)12-20(17)27-4;/h6-12,25H,5,13-15H2,1-4H3,(H,22,23);1H. The number of aliphatic imine (C=N–C) groups is 1. The molecule has 0 radical (unpaired) electrons. The molecule has 0 saturated carbocycles. The number of hydrogen-bond acceptors (Lipinski definition) is 4. The van der Waals surface area contributed by atoms with E-state index in [1.165, 1.54) is 0 Å². The smallest absolute Gasteiger partial charge is 0.194 e. The highest BCUT2D eigenvalue weighted by Crippen LogP contribution is 2.25. The summed E-state index contributed by atoms with van der Waals surface area (Å²) in [6, 6.07) is 13.6. The van der Waals surface area contributed by atoms with Crippen molar-refractivity contribution >= 4 is 29.9 Å². The van der Waals surface area contributed by atoms with Crippen LogP contribution >= 0.6 is 24.0 Å². The molecule has 2 aromatic carbocycles. The molecule has 0 bridgehead atoms. The Balaban J connectivity index is 0.00000392. The number of rotatable bonds is 8. The summed E-state index contributed by atoms with van der Waals surface area (Å²) in [7, 11) is 5.28. The van der Waals surface area contributed by atoms with Crippen molar-refractivity contribution < 1.29 is 14.6 Å². The third-order valence-electron chi connectivity index (χ3n) is 4.29. The zero-order valence-electron chi connectivity index (χ0n) is 16.9. The van der Waals surface area contributed by atoms with Gasteiger partial charge in [0.15, 0.2) is 5.96 Å². The van der Waals surface area contributed by atoms with Gasteiger partial charge in [-0.05, 0) is 30.2 Å². The third kappa shape index (κ3) is 6.56. The van der Waals surface area contributed by atoms with E-state index in [0.717, 1.165) is 40.7 Å². The number of aliphatic hydroxyl groups is 1. The molecule has 0 aromatic heterocycles. The van der Waals surface area contributed by atoms with Gasteiger partial charge < -0.3 is 24.8 Å². The molecular formula is C21H30IN3O3. The van der Waals surface area contributed by atoms with Gasteiger partial charge in [0.25, 0.3) is 0 Å². The largest absolute Gasteiger partial charge is 0.497 e. The van der Waals surface area contributed by atoms with Crippen molar-refractivity contribution in [3.63, 3.8) is 0 Å². The van der Waals surface area contributed by atoms with E-state index in [1.807, 2.05) is 56.4 Å². The Morgan fingerprint density at radius 3 is 2.39 bits per heavy atom. The van der Waals surface area contributed by atoms with Crippen LogP contribution in [0.2, 0.25) is 0 Å². The molecular weight excluding hydrogens is 469 g/mol. The maximum Gasteiger partial charge on any atom is 0.194 e. The predicted molar refractivity (Wildman–Crippen MR) is 124 cm³/mol. The number of aliphatic hydroxyl groups excluding tert-OH is 1. The number of ether oxygens (including phenoxy) is 2. The normalized spacial score (nSPS) is 10.8. The SMILES string of the molecule is CCNC(=NCc1ccccc1CO)N(C)Cc1ccc(OC)cc1OC.I. The number of guanidine groups is 1. The van der Waals surface area contributed by atoms with Gasteiger partial charge in [0.2, 0.25) is 0 Å². The van der Waals surface area contributed by atoms with Crippen LogP contribution in [0.15, 0.2) is 47.5 Å². The average molecular weight is 499 g/mol. The van der Waals surface area contributed by atoms with E-state index in [-0.39, 0.29) is 30.6 Å². The number of nitrogens with zero attached hydrogens (tertiary/aromatic N) is 2. The molecule has 0 fully saturated rings. The summed E-state index contributed by atoms with van der Waals surface area (Å²) in [5.74, 6) is 2.34. The van der Waals surface area contributed by atoms with Crippen molar-refractivity contribution in [2.24, 2.45) is 4.99 Å². The molecule has 2 rings (SSSR count). The number of methoxy groups -OCH3 is 2. The van der Waals surface area contributed by atoms with Gasteiger partial charge in [-0.15, -0.1) is 24.0 Å². The van der Waals surface area contributed by atoms with Gasteiger partial charge >= 0.3 is 0 Å². The summed E-state index contributed by atoms with van der Waals surface area (Å²) in [6.07, 6.45) is 0. The molecule has 0 unspecified atom stereocenters. The van der Waals surface area contributed by atoms with Gasteiger partial charge in [0.05, 0.1) is 27.4 Å². The predicted octanol–water partition coefficient (Wildman–Crippen LogP) is 3.41. The molecule has 0 aliphatic heterocycles. The summed E-state index contributed by atoms with van der Waals surface area (Å²) in [6.45, 7) is 3.97. The van der Waals surface area contributed by atoms with Crippen molar-refractivity contribution in [1.82, 2.24) is 10.2 Å². The van der Waals surface area contributed by atoms with Crippen LogP contribution < -0.4 is 14.8 Å². The number of halogens is 1. The molecule has 0 atom stereocenters. The second-order valence-corrected chi connectivity index (χ2v) is 6.13. The van der Waals surface area contributed by atoms with Crippen molar-refractivity contribution in [1.29, 1.82) is 0 Å². The zero-order chi connectivity index (χ0) is 19.6. The summed E-state index contributed by atoms with van der Waals surface area (Å²) in [5.41, 5.74) is 2.96. The molecule has 0 heterocycles. The molecule has 28 heavy (non-hydrogen) atoms. The molecule has 0 aliphatic carbocycles. The van der Waals surface area contributed by atoms with Gasteiger partial charge in [-0.2, -0.15) is 0 Å². The van der Waals surface area contributed by atoms with Crippen LogP contribution in [-0.4, -0.2) is 43.8 Å². The summed E-state index contributed by atoms with van der Waals surface area (Å²) < 4.78 is 10.8. The summed E-state index contributed by atoms with van der Waals surface area (Å²) in [5, 5.41) is 12.8. The third-order valence-corrected chi connectivity index (χ3v) is 4.29. The highest BCUT2D eigenvalue weighted by Gasteiger charge is 2.11. The topological polar surface area (TPSA) is 66.3 Å². The van der Waals surface area contributed by atoms with Gasteiger partial charge in [0.1, 0.15) is 11.5 Å². The van der Waals surface area contributed by atoms with Crippen LogP contribution in [0.25, 0.3) is 0 Å². The Morgan fingerprint density at radius 1 is 1.07 bits per heavy atom. The van der Waals surface area contributed by atoms with Crippen molar-refractivity contribution in [2.75, 3.05) is 27.8 Å². The lowest BCUT2D eigenvalue weighted by Gasteiger charge is -2.23. The van der Waals surface area contributed by atoms with Crippen molar-refractivity contribution in [2.45, 2.75) is 26.6 Å². The van der Waals surface area contributed by atoms with Crippen LogP contribution in [0.4, 0.5) is 0 Å². The molecule has 2 N–H and O–H groups in total. The average Bonchev–Trinajstić information content (AvgIpc) is 2.71. The summed E-state index contributed by atoms with van der Waals surface area (Å²) in [4.78, 5) is 6.78. The molecule has 0 saturated heterocycles. The molecule has 154 valence electrons. The minimum Gasteiger partial charge on any atom is -0.497 e. The van der Waals surface area contributed by atoms with E-state index in [0.29, 0.717) is 13.1 Å². The first-order chi connectivity index (χ1) is 13.1. The number of nitrogens with one attached hydrogen (secondary N) is 1. The Kier molecular flexibility index (Phi) is 10.7. The lowest BCUT2D eigenvalue weighted by Crippen LogP contribution is -2.38. The maximum atomic E-state index is 9.49. The lowest BCUT2D eigenvalue weighted by atomic mass is 10.1. The fourth-order valence-corrected chi connectivity index (χ4v) is 2.81. The first-order valence-corrected chi connectivity index (χ1v) is 9.00. The minimum atomic E-state index is 0. The second-order valence-electron chi connectivity index (χ2n) is 6.13. The fraction of sp³-hybridized carbons (Fsp3) is 0.381. The van der Waals surface area contributed by atoms with Gasteiger partial charge in [-0.3, -0.25) is 0 Å². The van der Waals surface area contributed by atoms with Crippen LogP contribution in [0, 0.1) is 0 Å². The Labute approximate surface area is 184 Å². The highest BCUT2D eigenvalue weighted by molar-refractivity contribution is 14.0. The molecule has 0 aliphatic rings. The first kappa shape index (κ1) is 24.0. The van der Waals surface area contributed by atoms with E-state index in [1.54, 1.807) is 14.2 Å². The second kappa shape index (κ2) is 12.5. The Hall–Kier alpha value is -2.00. The molecule has 6 nitrogen and oxygen atoms in total. The van der Waals surface area contributed by atoms with Crippen LogP contribution in [0.1, 0.15) is 23.6 Å². The van der Waals surface area contributed by atoms with Gasteiger partial charge in [-0.25, -0.2) is 4.99 Å². The number of benzene rings is 2. The molecule has 2 aromatic rings. The van der Waals surface area contributed by atoms with E-state index in [2.05, 4.69) is 10.2 Å². The Morgan fingerprint density at radius 2 is 1.79 bits per heavy atom. The van der Waals surface area contributed by atoms with Crippen LogP contribution in [-0.2, 0) is 19.7 Å². The summed E-state index contributed by atoms with van der Waals surface area (Å²) >= 11 is 0. The number of hydrogen-bond donors (Lipinski definition) is 2. The fourth-order valence-electron chi connectivity index (χ4n) is 2.81. The molecule has 0 spiro atoms. The van der Waals surface area contributed by atoms with E-state index >= 15 is 0 Å². The van der Waals surface area contributed by atoms with Crippen molar-refractivity contribution in [3.05, 3.63) is 59.2 Å². The Bertz CT molecular complexity index is 768. The van der Waals surface area contributed by atoms with Crippen molar-refractivity contribution in [3.8, 4) is 11.5 Å². The van der Waals surface area contributed by atoms with Crippen LogP contribution in [0.5, 0.6) is 11.5 Å². The van der Waals surface area contributed by atoms with Gasteiger partial charge in [-0.1, -0.05) is 24.3 Å². The monoisotopic (exact) mass is 499 g/mol. The minimum absolute atomic E-state index is 0. The quantitative estimate of drug-likeness (QED) is 0.331. The molecule has 7 heteroatoms. The lowest BCUT2D eigenvalue weighted by molar-refractivity contribution is 0.280. The highest BCUT2D eigenvalue weighted by atomic mass is 127. The zero-order valence-corrected chi connectivity index (χ0v) is 19.3. The molecule has 0 amide bonds. The maximum absolute atomic E-state index is 9.49. The van der Waals surface area contributed by atoms with Gasteiger partial charge in [0, 0.05) is 31.8 Å².